The van der Waals surface area contributed by atoms with Gasteiger partial charge >= 0.3 is 0 Å². The summed E-state index contributed by atoms with van der Waals surface area (Å²) in [4.78, 5) is 24.2. The first-order valence-electron chi connectivity index (χ1n) is 13.0. The Labute approximate surface area is 221 Å². The van der Waals surface area contributed by atoms with Crippen molar-refractivity contribution in [3.05, 3.63) is 84.3 Å². The second kappa shape index (κ2) is 10.1. The molecule has 1 fully saturated rings. The number of benzene rings is 1. The Bertz CT molecular complexity index is 1640. The Balaban J connectivity index is 1.28. The van der Waals surface area contributed by atoms with E-state index in [1.165, 1.54) is 25.1 Å². The van der Waals surface area contributed by atoms with Crippen LogP contribution in [0, 0.1) is 5.41 Å². The lowest BCUT2D eigenvalue weighted by Crippen LogP contribution is -2.36. The average molecular weight is 503 g/mol. The number of hydrogen-bond acceptors (Lipinski definition) is 6. The van der Waals surface area contributed by atoms with E-state index in [-0.39, 0.29) is 0 Å². The van der Waals surface area contributed by atoms with E-state index in [1.807, 2.05) is 54.5 Å². The maximum atomic E-state index is 8.39. The van der Waals surface area contributed by atoms with Gasteiger partial charge in [0.2, 0.25) is 0 Å². The fourth-order valence-corrected chi connectivity index (χ4v) is 4.75. The first kappa shape index (κ1) is 23.9. The van der Waals surface area contributed by atoms with E-state index in [2.05, 4.69) is 56.0 Å². The fraction of sp³-hybridized carbons (Fsp3) is 0.233. The molecule has 1 aliphatic heterocycles. The van der Waals surface area contributed by atoms with Crippen LogP contribution in [0.5, 0.6) is 0 Å². The molecule has 0 bridgehead atoms. The number of fused-ring (bicyclic) bond motifs is 1. The first-order chi connectivity index (χ1) is 18.6. The molecule has 8 nitrogen and oxygen atoms in total. The number of pyridine rings is 2. The van der Waals surface area contributed by atoms with E-state index >= 15 is 0 Å². The Hall–Kier alpha value is -4.43. The predicted octanol–water partition coefficient (Wildman–Crippen LogP) is 5.69. The van der Waals surface area contributed by atoms with E-state index in [0.717, 1.165) is 52.3 Å². The smallest absolute Gasteiger partial charge is 0.160 e. The third-order valence-electron chi connectivity index (χ3n) is 7.05. The number of aryl methyl sites for hydroxylation is 1. The molecule has 38 heavy (non-hydrogen) atoms. The van der Waals surface area contributed by atoms with Crippen molar-refractivity contribution in [2.75, 3.05) is 13.1 Å². The molecule has 8 heteroatoms. The van der Waals surface area contributed by atoms with Crippen LogP contribution in [0.1, 0.15) is 37.2 Å². The molecular weight excluding hydrogens is 472 g/mol. The van der Waals surface area contributed by atoms with E-state index in [9.17, 15) is 0 Å². The number of aromatic nitrogens is 6. The molecular formula is C30H30N8. The summed E-state index contributed by atoms with van der Waals surface area (Å²) in [5, 5.41) is 9.32. The van der Waals surface area contributed by atoms with Gasteiger partial charge in [0.05, 0.1) is 23.9 Å². The molecule has 0 atom stereocenters. The summed E-state index contributed by atoms with van der Waals surface area (Å²) < 4.78 is 2.02. The molecule has 4 aromatic heterocycles. The van der Waals surface area contributed by atoms with Crippen molar-refractivity contribution in [1.29, 1.82) is 5.41 Å². The largest absolute Gasteiger partial charge is 0.338 e. The van der Waals surface area contributed by atoms with E-state index in [1.54, 1.807) is 6.20 Å². The summed E-state index contributed by atoms with van der Waals surface area (Å²) in [6, 6.07) is 14.5. The van der Waals surface area contributed by atoms with Crippen LogP contribution >= 0.6 is 0 Å². The van der Waals surface area contributed by atoms with Crippen LogP contribution in [0.25, 0.3) is 45.3 Å². The van der Waals surface area contributed by atoms with Gasteiger partial charge in [-0.2, -0.15) is 0 Å². The van der Waals surface area contributed by atoms with Crippen LogP contribution in [-0.4, -0.2) is 53.2 Å². The van der Waals surface area contributed by atoms with Crippen molar-refractivity contribution < 1.29 is 0 Å². The van der Waals surface area contributed by atoms with Gasteiger partial charge in [-0.15, -0.1) is 0 Å². The van der Waals surface area contributed by atoms with Crippen LogP contribution in [0.4, 0.5) is 0 Å². The minimum absolute atomic E-state index is 0.495. The van der Waals surface area contributed by atoms with Gasteiger partial charge in [0, 0.05) is 47.7 Å². The highest BCUT2D eigenvalue weighted by molar-refractivity contribution is 6.25. The van der Waals surface area contributed by atoms with Gasteiger partial charge < -0.3 is 15.0 Å². The second-order valence-corrected chi connectivity index (χ2v) is 9.71. The fourth-order valence-electron chi connectivity index (χ4n) is 4.75. The van der Waals surface area contributed by atoms with E-state index < -0.39 is 0 Å². The number of nitrogens with one attached hydrogen (secondary N) is 2. The third-order valence-corrected chi connectivity index (χ3v) is 7.05. The maximum absolute atomic E-state index is 8.39. The molecule has 0 aliphatic carbocycles. The van der Waals surface area contributed by atoms with Crippen LogP contribution in [0.2, 0.25) is 0 Å². The number of nitrogens with zero attached hydrogens (tertiary/aromatic N) is 6. The zero-order valence-electron chi connectivity index (χ0n) is 21.6. The van der Waals surface area contributed by atoms with Crippen molar-refractivity contribution in [1.82, 2.24) is 34.4 Å². The zero-order chi connectivity index (χ0) is 26.1. The van der Waals surface area contributed by atoms with Crippen molar-refractivity contribution in [3.8, 4) is 22.6 Å². The number of rotatable bonds is 8. The number of aromatic amines is 1. The van der Waals surface area contributed by atoms with Crippen molar-refractivity contribution in [2.24, 2.45) is 0 Å². The number of allylic oxidation sites excluding steroid dienone is 1. The molecule has 190 valence electrons. The Morgan fingerprint density at radius 2 is 1.87 bits per heavy atom. The normalized spacial score (nSPS) is 14.1. The van der Waals surface area contributed by atoms with Crippen LogP contribution in [0.15, 0.2) is 67.4 Å². The van der Waals surface area contributed by atoms with Gasteiger partial charge in [0.15, 0.2) is 5.65 Å². The topological polar surface area (TPSA) is 99.4 Å². The second-order valence-electron chi connectivity index (χ2n) is 9.71. The highest BCUT2D eigenvalue weighted by Crippen LogP contribution is 2.28. The quantitative estimate of drug-likeness (QED) is 0.266. The number of hydrogen-bond donors (Lipinski definition) is 2. The minimum Gasteiger partial charge on any atom is -0.338 e. The highest BCUT2D eigenvalue weighted by Gasteiger charge is 2.15. The van der Waals surface area contributed by atoms with Gasteiger partial charge in [0.25, 0.3) is 0 Å². The Morgan fingerprint density at radius 3 is 2.58 bits per heavy atom. The van der Waals surface area contributed by atoms with Crippen molar-refractivity contribution >= 4 is 28.4 Å². The molecule has 5 aromatic rings. The summed E-state index contributed by atoms with van der Waals surface area (Å²) in [6.45, 7) is 8.11. The van der Waals surface area contributed by atoms with Crippen molar-refractivity contribution in [2.45, 2.75) is 33.4 Å². The molecule has 1 saturated heterocycles. The molecule has 6 rings (SSSR count). The van der Waals surface area contributed by atoms with Gasteiger partial charge in [-0.05, 0) is 68.8 Å². The molecule has 2 N–H and O–H groups in total. The maximum Gasteiger partial charge on any atom is 0.160 e. The van der Waals surface area contributed by atoms with Crippen LogP contribution in [0.3, 0.4) is 0 Å². The van der Waals surface area contributed by atoms with Crippen LogP contribution in [-0.2, 0) is 13.1 Å². The molecule has 1 aromatic carbocycles. The first-order valence-corrected chi connectivity index (χ1v) is 13.0. The van der Waals surface area contributed by atoms with E-state index in [0.29, 0.717) is 17.2 Å². The Morgan fingerprint density at radius 1 is 1.03 bits per heavy atom. The standard InChI is InChI=1S/C30H30N8/c1-3-37-18-28(34-19-37)26-10-9-24-23(11-12-32-30(24)36-26)27-16-33-29(35-27)15-25(20(2)31)22-7-5-21(6-8-22)17-38-13-4-14-38/h5-12,15-16,18-19,31H,3-4,13-14,17H2,1-2H3,(H,33,35)/b25-15+,31-20?. The monoisotopic (exact) mass is 502 g/mol. The van der Waals surface area contributed by atoms with Crippen LogP contribution < -0.4 is 0 Å². The van der Waals surface area contributed by atoms with E-state index in [4.69, 9.17) is 10.4 Å². The van der Waals surface area contributed by atoms with Gasteiger partial charge in [0.1, 0.15) is 11.5 Å². The molecule has 0 unspecified atom stereocenters. The SMILES string of the molecule is CCn1cnc(-c2ccc3c(-c4cnc(/C=C(\C(C)=N)c5ccc(CN6CCC6)cc5)[nH]4)ccnc3n2)c1. The summed E-state index contributed by atoms with van der Waals surface area (Å²) in [7, 11) is 0. The summed E-state index contributed by atoms with van der Waals surface area (Å²) >= 11 is 0. The number of H-pyrrole nitrogens is 1. The lowest BCUT2D eigenvalue weighted by atomic mass is 9.99. The lowest BCUT2D eigenvalue weighted by molar-refractivity contribution is 0.172. The lowest BCUT2D eigenvalue weighted by Gasteiger charge is -2.30. The molecule has 0 amide bonds. The predicted molar refractivity (Wildman–Crippen MR) is 152 cm³/mol. The summed E-state index contributed by atoms with van der Waals surface area (Å²) in [5.41, 5.74) is 7.79. The average Bonchev–Trinajstić information content (AvgIpc) is 3.59. The molecule has 0 saturated carbocycles. The molecule has 1 aliphatic rings. The van der Waals surface area contributed by atoms with Gasteiger partial charge in [-0.25, -0.2) is 19.9 Å². The van der Waals surface area contributed by atoms with Gasteiger partial charge in [-0.1, -0.05) is 24.3 Å². The molecule has 0 spiro atoms. The number of likely N-dealkylation sites (tertiary alicyclic amines) is 1. The summed E-state index contributed by atoms with van der Waals surface area (Å²) in [6.07, 6.45) is 10.6. The highest BCUT2D eigenvalue weighted by atomic mass is 15.2. The third kappa shape index (κ3) is 4.78. The molecule has 5 heterocycles. The zero-order valence-corrected chi connectivity index (χ0v) is 21.6. The van der Waals surface area contributed by atoms with Gasteiger partial charge in [-0.3, -0.25) is 4.90 Å². The molecule has 0 radical (unpaired) electrons. The van der Waals surface area contributed by atoms with Crippen molar-refractivity contribution in [3.63, 3.8) is 0 Å². The minimum atomic E-state index is 0.495. The Kier molecular flexibility index (Phi) is 6.39. The summed E-state index contributed by atoms with van der Waals surface area (Å²) in [5.74, 6) is 0.700. The number of imidazole rings is 2.